The minimum Gasteiger partial charge on any atom is -0.443 e. The lowest BCUT2D eigenvalue weighted by Crippen LogP contribution is -2.41. The van der Waals surface area contributed by atoms with E-state index in [4.69, 9.17) is 24.2 Å². The maximum Gasteiger partial charge on any atom is 0.414 e. The molecule has 0 spiro atoms. The molecular weight excluding hydrogens is 1170 g/mol. The van der Waals surface area contributed by atoms with E-state index >= 15 is 0 Å². The number of hydrogen-bond donors (Lipinski definition) is 5. The third-order valence-electron chi connectivity index (χ3n) is 18.6. The van der Waals surface area contributed by atoms with E-state index in [1.165, 1.54) is 0 Å². The first-order valence-corrected chi connectivity index (χ1v) is 33.5. The second-order valence-corrected chi connectivity index (χ2v) is 27.6. The molecule has 6 heterocycles. The normalized spacial score (nSPS) is 16.9. The van der Waals surface area contributed by atoms with Crippen molar-refractivity contribution < 1.29 is 38.2 Å². The monoisotopic (exact) mass is 1250 g/mol. The number of amides is 5. The van der Waals surface area contributed by atoms with Gasteiger partial charge in [0.1, 0.15) is 5.60 Å². The number of ether oxygens (including phenoxy) is 3. The molecule has 93 heavy (non-hydrogen) atoms. The van der Waals surface area contributed by atoms with Crippen LogP contribution in [0.2, 0.25) is 0 Å². The highest BCUT2D eigenvalue weighted by Crippen LogP contribution is 2.38. The zero-order valence-electron chi connectivity index (χ0n) is 54.6. The molecule has 6 aliphatic rings. The molecule has 4 aromatic carbocycles. The van der Waals surface area contributed by atoms with Gasteiger partial charge < -0.3 is 40.8 Å². The molecule has 0 bridgehead atoms. The Bertz CT molecular complexity index is 4170. The fraction of sp³-hybridized carbons (Fsp3) is 0.427. The van der Waals surface area contributed by atoms with Crippen molar-refractivity contribution in [3.05, 3.63) is 154 Å². The van der Waals surface area contributed by atoms with Crippen LogP contribution < -0.4 is 31.5 Å². The number of benzene rings is 4. The third-order valence-corrected chi connectivity index (χ3v) is 18.6. The van der Waals surface area contributed by atoms with Crippen LogP contribution >= 0.6 is 0 Å². The summed E-state index contributed by atoms with van der Waals surface area (Å²) in [5.41, 5.74) is 16.3. The van der Waals surface area contributed by atoms with Crippen LogP contribution in [0, 0.1) is 39.5 Å². The lowest BCUT2D eigenvalue weighted by molar-refractivity contribution is 0.0514. The van der Waals surface area contributed by atoms with Crippen molar-refractivity contribution in [2.45, 2.75) is 155 Å². The molecule has 0 unspecified atom stereocenters. The molecule has 4 aromatic heterocycles. The second kappa shape index (κ2) is 26.6. The SMILES string of the molecule is Cc1cc(-c2cc(N(CC3CCOCC3)C(=O)OC(C)(C)C)c3ncc(-c4ccc(C(=O)NC5CC5)c(C)c4)n3c2)ccc1C(=O)NC1CC1.Cc1cc(-c2cc(NCC3CCOCC3)c3ncc(-c4ccc(C(=O)NC5CC5)c(C)c4)n3c2)ccc1C(=O)NC1CC1. The summed E-state index contributed by atoms with van der Waals surface area (Å²) in [5.74, 6) is 0.679. The lowest BCUT2D eigenvalue weighted by Gasteiger charge is -2.32. The number of aryl methyl sites for hydroxylation is 4. The molecule has 0 radical (unpaired) electrons. The maximum absolute atomic E-state index is 14.0. The fourth-order valence-electron chi connectivity index (χ4n) is 12.5. The zero-order chi connectivity index (χ0) is 64.7. The van der Waals surface area contributed by atoms with Crippen molar-refractivity contribution >= 4 is 52.4 Å². The van der Waals surface area contributed by atoms with E-state index in [2.05, 4.69) is 55.4 Å². The Balaban J connectivity index is 0.000000171. The molecule has 14 rings (SSSR count). The van der Waals surface area contributed by atoms with Gasteiger partial charge in [0.15, 0.2) is 11.3 Å². The van der Waals surface area contributed by atoms with Crippen LogP contribution in [0.1, 0.15) is 162 Å². The van der Waals surface area contributed by atoms with Crippen molar-refractivity contribution in [2.24, 2.45) is 11.8 Å². The third kappa shape index (κ3) is 15.0. The van der Waals surface area contributed by atoms with E-state index in [1.807, 2.05) is 138 Å². The van der Waals surface area contributed by atoms with Crippen molar-refractivity contribution in [3.8, 4) is 44.8 Å². The fourth-order valence-corrected chi connectivity index (χ4v) is 12.5. The molecule has 484 valence electrons. The summed E-state index contributed by atoms with van der Waals surface area (Å²) in [6.07, 6.45) is 19.6. The quantitative estimate of drug-likeness (QED) is 0.0545. The molecule has 5 N–H and O–H groups in total. The van der Waals surface area contributed by atoms with Gasteiger partial charge in [-0.1, -0.05) is 36.4 Å². The Kier molecular flexibility index (Phi) is 18.0. The van der Waals surface area contributed by atoms with E-state index in [-0.39, 0.29) is 41.6 Å². The number of pyridine rings is 2. The van der Waals surface area contributed by atoms with Gasteiger partial charge in [-0.05, 0) is 219 Å². The van der Waals surface area contributed by atoms with Crippen LogP contribution in [0.5, 0.6) is 0 Å². The second-order valence-electron chi connectivity index (χ2n) is 27.6. The van der Waals surface area contributed by atoms with Crippen LogP contribution in [0.15, 0.2) is 110 Å². The van der Waals surface area contributed by atoms with E-state index in [1.54, 1.807) is 4.90 Å². The van der Waals surface area contributed by atoms with Crippen molar-refractivity contribution in [1.82, 2.24) is 40.0 Å². The number of nitrogens with zero attached hydrogens (tertiary/aromatic N) is 5. The summed E-state index contributed by atoms with van der Waals surface area (Å²) in [7, 11) is 0. The van der Waals surface area contributed by atoms with Gasteiger partial charge in [0, 0.05) is 121 Å². The highest BCUT2D eigenvalue weighted by atomic mass is 16.6. The van der Waals surface area contributed by atoms with Gasteiger partial charge in [0.25, 0.3) is 23.6 Å². The van der Waals surface area contributed by atoms with Crippen molar-refractivity contribution in [2.75, 3.05) is 49.7 Å². The average molecular weight is 1260 g/mol. The van der Waals surface area contributed by atoms with Crippen molar-refractivity contribution in [3.63, 3.8) is 0 Å². The smallest absolute Gasteiger partial charge is 0.414 e. The Labute approximate surface area is 544 Å². The molecule has 5 amide bonds. The number of nitrogens with one attached hydrogen (secondary N) is 5. The summed E-state index contributed by atoms with van der Waals surface area (Å²) in [5, 5.41) is 16.1. The molecule has 18 nitrogen and oxygen atoms in total. The highest BCUT2D eigenvalue weighted by Gasteiger charge is 2.32. The predicted molar refractivity (Wildman–Crippen MR) is 362 cm³/mol. The minimum atomic E-state index is -0.696. The number of imidazole rings is 2. The molecule has 2 saturated heterocycles. The topological polar surface area (TPSA) is 211 Å². The Morgan fingerprint density at radius 2 is 0.860 bits per heavy atom. The molecule has 2 aliphatic heterocycles. The van der Waals surface area contributed by atoms with E-state index in [0.29, 0.717) is 65.8 Å². The van der Waals surface area contributed by atoms with Gasteiger partial charge in [0.05, 0.1) is 35.2 Å². The van der Waals surface area contributed by atoms with E-state index in [9.17, 15) is 24.0 Å². The van der Waals surface area contributed by atoms with Gasteiger partial charge in [-0.2, -0.15) is 0 Å². The minimum absolute atomic E-state index is 0.00217. The predicted octanol–water partition coefficient (Wildman–Crippen LogP) is 13.1. The van der Waals surface area contributed by atoms with Gasteiger partial charge in [-0.3, -0.25) is 32.9 Å². The maximum atomic E-state index is 14.0. The summed E-state index contributed by atoms with van der Waals surface area (Å²) in [6.45, 7) is 17.8. The van der Waals surface area contributed by atoms with Gasteiger partial charge in [-0.25, -0.2) is 14.8 Å². The standard InChI is InChI=1S/C40H47N5O5.C35H39N5O3/c1-24-18-27(6-12-32(24)37(46)42-30-8-9-30)29-20-34(45(39(48)50-40(3,4)5)22-26-14-16-49-17-15-26)36-41-21-35(44(36)23-29)28-7-13-33(25(2)19-28)38(47)43-31-10-11-31;1-21-15-24(3-9-29(21)34(41)38-27-5-6-27)26-17-31(36-18-23-11-13-43-14-12-23)33-37-19-32(40(33)20-26)25-4-10-30(22(2)16-25)35(42)39-28-7-8-28/h6-7,12-13,18-21,23,26,30-31H,8-11,14-17,22H2,1-5H3,(H,42,46)(H,43,47);3-4,9-10,15-17,19-20,23,27-28,36H,5-8,11-14,18H2,1-2H3,(H,38,41)(H,39,42). The molecule has 6 fully saturated rings. The Morgan fingerprint density at radius 1 is 0.484 bits per heavy atom. The Hall–Kier alpha value is -8.87. The number of carbonyl (C=O) groups excluding carboxylic acids is 5. The number of rotatable bonds is 18. The molecule has 18 heteroatoms. The Morgan fingerprint density at radius 3 is 1.27 bits per heavy atom. The molecular formula is C75H86N10O8. The van der Waals surface area contributed by atoms with Crippen LogP contribution in [0.25, 0.3) is 56.1 Å². The molecule has 4 aliphatic carbocycles. The van der Waals surface area contributed by atoms with Crippen LogP contribution in [-0.2, 0) is 14.2 Å². The number of anilines is 2. The summed E-state index contributed by atoms with van der Waals surface area (Å²) >= 11 is 0. The van der Waals surface area contributed by atoms with Crippen molar-refractivity contribution in [1.29, 1.82) is 0 Å². The highest BCUT2D eigenvalue weighted by molar-refractivity contribution is 6.00. The van der Waals surface area contributed by atoms with Gasteiger partial charge >= 0.3 is 6.09 Å². The first-order chi connectivity index (χ1) is 44.9. The first-order valence-electron chi connectivity index (χ1n) is 33.5. The number of aromatic nitrogens is 4. The molecule has 4 saturated carbocycles. The number of hydrogen-bond acceptors (Lipinski definition) is 11. The summed E-state index contributed by atoms with van der Waals surface area (Å²) < 4.78 is 21.4. The van der Waals surface area contributed by atoms with Crippen LogP contribution in [0.3, 0.4) is 0 Å². The van der Waals surface area contributed by atoms with E-state index < -0.39 is 11.7 Å². The molecule has 8 aromatic rings. The number of fused-ring (bicyclic) bond motifs is 2. The summed E-state index contributed by atoms with van der Waals surface area (Å²) in [4.78, 5) is 76.9. The largest absolute Gasteiger partial charge is 0.443 e. The lowest BCUT2D eigenvalue weighted by atomic mass is 9.98. The van der Waals surface area contributed by atoms with Crippen LogP contribution in [-0.4, -0.2) is 118 Å². The van der Waals surface area contributed by atoms with Gasteiger partial charge in [-0.15, -0.1) is 0 Å². The summed E-state index contributed by atoms with van der Waals surface area (Å²) in [6, 6.07) is 29.1. The first kappa shape index (κ1) is 62.9. The van der Waals surface area contributed by atoms with Crippen LogP contribution in [0.4, 0.5) is 16.2 Å². The molecule has 0 atom stereocenters. The number of carbonyl (C=O) groups is 5. The van der Waals surface area contributed by atoms with Gasteiger partial charge in [0.2, 0.25) is 0 Å². The van der Waals surface area contributed by atoms with E-state index in [0.717, 1.165) is 181 Å². The zero-order valence-corrected chi connectivity index (χ0v) is 54.6. The average Bonchev–Trinajstić information content (AvgIpc) is 1.37.